The largest absolute Gasteiger partial charge is 0.485 e. The lowest BCUT2D eigenvalue weighted by molar-refractivity contribution is 0.101. The minimum Gasteiger partial charge on any atom is -0.485 e. The highest BCUT2D eigenvalue weighted by atomic mass is 19.1. The molecule has 0 unspecified atom stereocenters. The molecule has 0 aliphatic rings. The van der Waals surface area contributed by atoms with Gasteiger partial charge in [0.25, 0.3) is 5.91 Å². The van der Waals surface area contributed by atoms with Crippen LogP contribution in [0.2, 0.25) is 0 Å². The molecular weight excluding hydrogens is 412 g/mol. The summed E-state index contributed by atoms with van der Waals surface area (Å²) in [7, 11) is 0. The lowest BCUT2D eigenvalue weighted by atomic mass is 10.1. The Balaban J connectivity index is 1.64. The Morgan fingerprint density at radius 1 is 0.969 bits per heavy atom. The summed E-state index contributed by atoms with van der Waals surface area (Å²) in [5, 5.41) is 7.26. The van der Waals surface area contributed by atoms with Gasteiger partial charge in [-0.05, 0) is 73.0 Å². The highest BCUT2D eigenvalue weighted by Gasteiger charge is 2.20. The highest BCUT2D eigenvalue weighted by molar-refractivity contribution is 6.05. The molecule has 0 bridgehead atoms. The van der Waals surface area contributed by atoms with Crippen LogP contribution >= 0.6 is 0 Å². The van der Waals surface area contributed by atoms with E-state index in [9.17, 15) is 13.6 Å². The number of carbonyl (C=O) groups excluding carboxylic acids is 1. The van der Waals surface area contributed by atoms with Crippen molar-refractivity contribution in [2.45, 2.75) is 20.5 Å². The average Bonchev–Trinajstić information content (AvgIpc) is 3.21. The van der Waals surface area contributed by atoms with Crippen LogP contribution in [0.1, 0.15) is 27.2 Å². The minimum absolute atomic E-state index is 0.0809. The quantitative estimate of drug-likeness (QED) is 0.431. The molecule has 162 valence electrons. The van der Waals surface area contributed by atoms with Gasteiger partial charge in [0, 0.05) is 5.69 Å². The smallest absolute Gasteiger partial charge is 0.280 e. The Bertz CT molecular complexity index is 1250. The maximum absolute atomic E-state index is 13.3. The number of hydrogen-bond acceptors (Lipinski definition) is 3. The molecule has 5 nitrogen and oxygen atoms in total. The van der Waals surface area contributed by atoms with Gasteiger partial charge in [0.15, 0.2) is 11.4 Å². The zero-order valence-electron chi connectivity index (χ0n) is 17.6. The number of hydrogen-bond donors (Lipinski definition) is 1. The van der Waals surface area contributed by atoms with E-state index in [1.165, 1.54) is 28.9 Å². The molecule has 0 radical (unpaired) electrons. The fraction of sp³-hybridized carbons (Fsp3) is 0.120. The Kier molecular flexibility index (Phi) is 5.98. The van der Waals surface area contributed by atoms with Crippen LogP contribution in [0.5, 0.6) is 5.75 Å². The van der Waals surface area contributed by atoms with Crippen LogP contribution in [-0.4, -0.2) is 15.7 Å². The molecule has 3 aromatic carbocycles. The van der Waals surface area contributed by atoms with E-state index in [1.807, 2.05) is 32.0 Å². The molecule has 0 atom stereocenters. The zero-order chi connectivity index (χ0) is 22.7. The third-order valence-electron chi connectivity index (χ3n) is 4.94. The molecule has 1 amide bonds. The van der Waals surface area contributed by atoms with Crippen LogP contribution < -0.4 is 10.1 Å². The van der Waals surface area contributed by atoms with Crippen molar-refractivity contribution < 1.29 is 18.3 Å². The van der Waals surface area contributed by atoms with Gasteiger partial charge in [0.05, 0.1) is 11.9 Å². The van der Waals surface area contributed by atoms with Crippen molar-refractivity contribution in [3.05, 3.63) is 107 Å². The lowest BCUT2D eigenvalue weighted by Crippen LogP contribution is -2.15. The summed E-state index contributed by atoms with van der Waals surface area (Å²) >= 11 is 0. The van der Waals surface area contributed by atoms with Crippen molar-refractivity contribution in [2.75, 3.05) is 5.32 Å². The topological polar surface area (TPSA) is 56.2 Å². The van der Waals surface area contributed by atoms with Crippen LogP contribution in [0.4, 0.5) is 14.5 Å². The first-order chi connectivity index (χ1) is 15.4. The number of benzene rings is 3. The molecule has 4 aromatic rings. The van der Waals surface area contributed by atoms with E-state index in [0.717, 1.165) is 16.7 Å². The van der Waals surface area contributed by atoms with Crippen LogP contribution in [0.25, 0.3) is 5.69 Å². The summed E-state index contributed by atoms with van der Waals surface area (Å²) < 4.78 is 33.8. The van der Waals surface area contributed by atoms with Crippen LogP contribution in [-0.2, 0) is 6.61 Å². The fourth-order valence-electron chi connectivity index (χ4n) is 3.14. The zero-order valence-corrected chi connectivity index (χ0v) is 17.6. The maximum atomic E-state index is 13.3. The number of nitrogens with one attached hydrogen (secondary N) is 1. The van der Waals surface area contributed by atoms with Crippen molar-refractivity contribution in [2.24, 2.45) is 0 Å². The van der Waals surface area contributed by atoms with E-state index in [0.29, 0.717) is 11.4 Å². The second kappa shape index (κ2) is 9.01. The summed E-state index contributed by atoms with van der Waals surface area (Å²) in [4.78, 5) is 13.1. The number of carbonyl (C=O) groups is 1. The van der Waals surface area contributed by atoms with Gasteiger partial charge in [-0.2, -0.15) is 5.10 Å². The predicted molar refractivity (Wildman–Crippen MR) is 118 cm³/mol. The number of aryl methyl sites for hydroxylation is 2. The average molecular weight is 433 g/mol. The Morgan fingerprint density at radius 3 is 2.31 bits per heavy atom. The maximum Gasteiger partial charge on any atom is 0.280 e. The molecule has 32 heavy (non-hydrogen) atoms. The molecule has 1 N–H and O–H groups in total. The first-order valence-corrected chi connectivity index (χ1v) is 10.0. The van der Waals surface area contributed by atoms with Crippen molar-refractivity contribution in [1.29, 1.82) is 0 Å². The molecule has 0 saturated heterocycles. The number of rotatable bonds is 6. The van der Waals surface area contributed by atoms with Crippen LogP contribution in [0.3, 0.4) is 0 Å². The van der Waals surface area contributed by atoms with Crippen LogP contribution in [0.15, 0.2) is 72.9 Å². The molecule has 0 fully saturated rings. The van der Waals surface area contributed by atoms with Gasteiger partial charge in [-0.25, -0.2) is 13.5 Å². The second-order valence-electron chi connectivity index (χ2n) is 7.45. The van der Waals surface area contributed by atoms with Crippen molar-refractivity contribution in [3.63, 3.8) is 0 Å². The number of ether oxygens (including phenoxy) is 1. The Morgan fingerprint density at radius 2 is 1.62 bits per heavy atom. The normalized spacial score (nSPS) is 10.8. The summed E-state index contributed by atoms with van der Waals surface area (Å²) in [5.41, 5.74) is 3.99. The van der Waals surface area contributed by atoms with Gasteiger partial charge in [-0.15, -0.1) is 0 Å². The van der Waals surface area contributed by atoms with E-state index in [4.69, 9.17) is 4.74 Å². The Labute approximate surface area is 184 Å². The molecule has 0 spiro atoms. The first-order valence-electron chi connectivity index (χ1n) is 10.0. The third kappa shape index (κ3) is 4.83. The predicted octanol–water partition coefficient (Wildman–Crippen LogP) is 5.60. The van der Waals surface area contributed by atoms with Gasteiger partial charge < -0.3 is 10.1 Å². The van der Waals surface area contributed by atoms with E-state index < -0.39 is 5.91 Å². The van der Waals surface area contributed by atoms with E-state index >= 15 is 0 Å². The molecular formula is C25H21F2N3O2. The SMILES string of the molecule is Cc1ccc(C)c(NC(=O)c2nn(-c3ccc(F)cc3)cc2OCc2ccc(F)cc2)c1. The summed E-state index contributed by atoms with van der Waals surface area (Å²) in [6.45, 7) is 3.97. The number of halogens is 2. The van der Waals surface area contributed by atoms with Gasteiger partial charge in [0.2, 0.25) is 0 Å². The minimum atomic E-state index is -0.436. The fourth-order valence-corrected chi connectivity index (χ4v) is 3.14. The standard InChI is InChI=1S/C25H21F2N3O2/c1-16-3-4-17(2)22(13-16)28-25(31)24-23(32-15-18-5-7-19(26)8-6-18)14-30(29-24)21-11-9-20(27)10-12-21/h3-14H,15H2,1-2H3,(H,28,31). The van der Waals surface area contributed by atoms with E-state index in [1.54, 1.807) is 30.5 Å². The number of anilines is 1. The summed E-state index contributed by atoms with van der Waals surface area (Å²) in [5.74, 6) is -0.900. The highest BCUT2D eigenvalue weighted by Crippen LogP contribution is 2.24. The van der Waals surface area contributed by atoms with E-state index in [2.05, 4.69) is 10.4 Å². The molecule has 4 rings (SSSR count). The molecule has 0 aliphatic carbocycles. The number of nitrogens with zero attached hydrogens (tertiary/aromatic N) is 2. The Hall–Kier alpha value is -4.00. The van der Waals surface area contributed by atoms with Crippen molar-refractivity contribution in [3.8, 4) is 11.4 Å². The summed E-state index contributed by atoms with van der Waals surface area (Å²) in [6, 6.07) is 17.4. The molecule has 1 heterocycles. The van der Waals surface area contributed by atoms with Crippen molar-refractivity contribution >= 4 is 11.6 Å². The monoisotopic (exact) mass is 433 g/mol. The molecule has 0 saturated carbocycles. The molecule has 0 aliphatic heterocycles. The molecule has 7 heteroatoms. The summed E-state index contributed by atoms with van der Waals surface area (Å²) in [6.07, 6.45) is 1.56. The number of aromatic nitrogens is 2. The number of amides is 1. The van der Waals surface area contributed by atoms with Gasteiger partial charge in [0.1, 0.15) is 18.2 Å². The molecule has 1 aromatic heterocycles. The van der Waals surface area contributed by atoms with Gasteiger partial charge >= 0.3 is 0 Å². The third-order valence-corrected chi connectivity index (χ3v) is 4.94. The lowest BCUT2D eigenvalue weighted by Gasteiger charge is -2.10. The first kappa shape index (κ1) is 21.2. The second-order valence-corrected chi connectivity index (χ2v) is 7.45. The van der Waals surface area contributed by atoms with Crippen molar-refractivity contribution in [1.82, 2.24) is 9.78 Å². The van der Waals surface area contributed by atoms with Crippen LogP contribution in [0, 0.1) is 25.5 Å². The van der Waals surface area contributed by atoms with Gasteiger partial charge in [-0.3, -0.25) is 4.79 Å². The van der Waals surface area contributed by atoms with E-state index in [-0.39, 0.29) is 29.7 Å². The van der Waals surface area contributed by atoms with Gasteiger partial charge in [-0.1, -0.05) is 24.3 Å².